The van der Waals surface area contributed by atoms with Crippen molar-refractivity contribution in [3.8, 4) is 5.75 Å². The van der Waals surface area contributed by atoms with Gasteiger partial charge in [-0.15, -0.1) is 0 Å². The van der Waals surface area contributed by atoms with Crippen LogP contribution in [-0.4, -0.2) is 29.0 Å². The van der Waals surface area contributed by atoms with Crippen molar-refractivity contribution in [1.29, 1.82) is 0 Å². The molecule has 6 nitrogen and oxygen atoms in total. The van der Waals surface area contributed by atoms with Crippen LogP contribution in [-0.2, 0) is 11.2 Å². The molecule has 2 N–H and O–H groups in total. The third-order valence-electron chi connectivity index (χ3n) is 3.74. The molecule has 2 aromatic carbocycles. The zero-order chi connectivity index (χ0) is 18.9. The van der Waals surface area contributed by atoms with E-state index in [1.54, 1.807) is 12.3 Å². The number of hydrogen-bond acceptors (Lipinski definition) is 5. The maximum Gasteiger partial charge on any atom is 0.221 e. The Bertz CT molecular complexity index is 884. The Balaban J connectivity index is 1.48. The second kappa shape index (κ2) is 9.33. The molecule has 1 heterocycles. The van der Waals surface area contributed by atoms with Crippen LogP contribution in [0.4, 0.5) is 11.5 Å². The van der Waals surface area contributed by atoms with Gasteiger partial charge in [0.25, 0.3) is 0 Å². The van der Waals surface area contributed by atoms with Crippen molar-refractivity contribution < 1.29 is 9.53 Å². The van der Waals surface area contributed by atoms with Crippen LogP contribution in [0.2, 0.25) is 0 Å². The first-order valence-electron chi connectivity index (χ1n) is 8.79. The van der Waals surface area contributed by atoms with Gasteiger partial charge in [-0.05, 0) is 23.8 Å². The van der Waals surface area contributed by atoms with Crippen molar-refractivity contribution in [3.63, 3.8) is 0 Å². The van der Waals surface area contributed by atoms with Gasteiger partial charge in [0.15, 0.2) is 0 Å². The number of ether oxygens (including phenoxy) is 1. The highest BCUT2D eigenvalue weighted by molar-refractivity contribution is 5.88. The Hall–Kier alpha value is -3.41. The van der Waals surface area contributed by atoms with Crippen LogP contribution in [0.25, 0.3) is 0 Å². The van der Waals surface area contributed by atoms with E-state index in [0.29, 0.717) is 31.0 Å². The Morgan fingerprint density at radius 2 is 1.93 bits per heavy atom. The fourth-order valence-electron chi connectivity index (χ4n) is 2.58. The van der Waals surface area contributed by atoms with E-state index in [1.807, 2.05) is 42.5 Å². The summed E-state index contributed by atoms with van der Waals surface area (Å²) in [5.41, 5.74) is 1.89. The molecule has 27 heavy (non-hydrogen) atoms. The minimum Gasteiger partial charge on any atom is -0.492 e. The number of nitrogens with zero attached hydrogens (tertiary/aromatic N) is 2. The zero-order valence-electron chi connectivity index (χ0n) is 15.2. The van der Waals surface area contributed by atoms with E-state index in [4.69, 9.17) is 4.74 Å². The van der Waals surface area contributed by atoms with Gasteiger partial charge < -0.3 is 15.4 Å². The van der Waals surface area contributed by atoms with Crippen molar-refractivity contribution in [2.24, 2.45) is 0 Å². The summed E-state index contributed by atoms with van der Waals surface area (Å²) in [4.78, 5) is 20.0. The van der Waals surface area contributed by atoms with Gasteiger partial charge in [-0.1, -0.05) is 36.4 Å². The van der Waals surface area contributed by atoms with Crippen LogP contribution < -0.4 is 15.4 Å². The number of rotatable bonds is 8. The summed E-state index contributed by atoms with van der Waals surface area (Å²) in [5.74, 6) is 2.14. The summed E-state index contributed by atoms with van der Waals surface area (Å²) >= 11 is 0. The van der Waals surface area contributed by atoms with Crippen molar-refractivity contribution in [1.82, 2.24) is 9.97 Å². The lowest BCUT2D eigenvalue weighted by Gasteiger charge is -2.10. The number of aromatic nitrogens is 2. The quantitative estimate of drug-likeness (QED) is 0.600. The molecule has 0 radical (unpaired) electrons. The molecule has 3 aromatic rings. The first-order valence-corrected chi connectivity index (χ1v) is 8.79. The van der Waals surface area contributed by atoms with Crippen LogP contribution in [0.15, 0.2) is 66.9 Å². The zero-order valence-corrected chi connectivity index (χ0v) is 15.2. The van der Waals surface area contributed by atoms with Crippen molar-refractivity contribution >= 4 is 17.4 Å². The molecule has 3 rings (SSSR count). The summed E-state index contributed by atoms with van der Waals surface area (Å²) in [6, 6.07) is 19.3. The van der Waals surface area contributed by atoms with Crippen molar-refractivity contribution in [3.05, 3.63) is 78.2 Å². The predicted octanol–water partition coefficient (Wildman–Crippen LogP) is 3.52. The van der Waals surface area contributed by atoms with E-state index in [0.717, 1.165) is 11.6 Å². The molecule has 0 aliphatic rings. The Morgan fingerprint density at radius 3 is 2.74 bits per heavy atom. The SMILES string of the molecule is CC(=O)Nc1cccc(OCCNc2ccnc(Cc3ccccc3)n2)c1. The second-order valence-corrected chi connectivity index (χ2v) is 6.00. The second-order valence-electron chi connectivity index (χ2n) is 6.00. The monoisotopic (exact) mass is 362 g/mol. The number of anilines is 2. The van der Waals surface area contributed by atoms with E-state index in [-0.39, 0.29) is 5.91 Å². The van der Waals surface area contributed by atoms with Crippen LogP contribution in [0.3, 0.4) is 0 Å². The standard InChI is InChI=1S/C21H22N4O2/c1-16(26)24-18-8-5-9-19(15-18)27-13-12-23-20-10-11-22-21(25-20)14-17-6-3-2-4-7-17/h2-11,15H,12-14H2,1H3,(H,24,26)(H,22,23,25). The summed E-state index contributed by atoms with van der Waals surface area (Å²) in [6.07, 6.45) is 2.45. The summed E-state index contributed by atoms with van der Waals surface area (Å²) in [7, 11) is 0. The van der Waals surface area contributed by atoms with Gasteiger partial charge in [-0.2, -0.15) is 0 Å². The molecular weight excluding hydrogens is 340 g/mol. The van der Waals surface area contributed by atoms with Gasteiger partial charge in [-0.3, -0.25) is 4.79 Å². The summed E-state index contributed by atoms with van der Waals surface area (Å²) in [5, 5.41) is 5.98. The highest BCUT2D eigenvalue weighted by atomic mass is 16.5. The van der Waals surface area contributed by atoms with E-state index in [1.165, 1.54) is 12.5 Å². The molecule has 0 aliphatic carbocycles. The molecule has 0 saturated heterocycles. The van der Waals surface area contributed by atoms with Crippen LogP contribution in [0.5, 0.6) is 5.75 Å². The normalized spacial score (nSPS) is 10.3. The van der Waals surface area contributed by atoms with Crippen LogP contribution in [0.1, 0.15) is 18.3 Å². The van der Waals surface area contributed by atoms with E-state index >= 15 is 0 Å². The Kier molecular flexibility index (Phi) is 6.35. The number of carbonyl (C=O) groups excluding carboxylic acids is 1. The lowest BCUT2D eigenvalue weighted by molar-refractivity contribution is -0.114. The maximum atomic E-state index is 11.1. The summed E-state index contributed by atoms with van der Waals surface area (Å²) in [6.45, 7) is 2.55. The van der Waals surface area contributed by atoms with Gasteiger partial charge in [0.2, 0.25) is 5.91 Å². The lowest BCUT2D eigenvalue weighted by atomic mass is 10.1. The molecule has 0 saturated carbocycles. The Morgan fingerprint density at radius 1 is 1.07 bits per heavy atom. The van der Waals surface area contributed by atoms with Gasteiger partial charge in [-0.25, -0.2) is 9.97 Å². The van der Waals surface area contributed by atoms with E-state index < -0.39 is 0 Å². The molecule has 0 atom stereocenters. The molecule has 0 bridgehead atoms. The average Bonchev–Trinajstić information content (AvgIpc) is 2.66. The molecule has 0 unspecified atom stereocenters. The van der Waals surface area contributed by atoms with Crippen LogP contribution >= 0.6 is 0 Å². The van der Waals surface area contributed by atoms with E-state index in [2.05, 4.69) is 32.7 Å². The van der Waals surface area contributed by atoms with Gasteiger partial charge >= 0.3 is 0 Å². The van der Waals surface area contributed by atoms with Gasteiger partial charge in [0.1, 0.15) is 24.0 Å². The molecule has 0 spiro atoms. The van der Waals surface area contributed by atoms with Crippen molar-refractivity contribution in [2.75, 3.05) is 23.8 Å². The maximum absolute atomic E-state index is 11.1. The highest BCUT2D eigenvalue weighted by Gasteiger charge is 2.02. The lowest BCUT2D eigenvalue weighted by Crippen LogP contribution is -2.13. The topological polar surface area (TPSA) is 76.1 Å². The fraction of sp³-hybridized carbons (Fsp3) is 0.190. The smallest absolute Gasteiger partial charge is 0.221 e. The molecule has 0 fully saturated rings. The average molecular weight is 362 g/mol. The molecular formula is C21H22N4O2. The Labute approximate surface area is 158 Å². The number of benzene rings is 2. The van der Waals surface area contributed by atoms with E-state index in [9.17, 15) is 4.79 Å². The first-order chi connectivity index (χ1) is 13.2. The number of carbonyl (C=O) groups is 1. The number of hydrogen-bond donors (Lipinski definition) is 2. The summed E-state index contributed by atoms with van der Waals surface area (Å²) < 4.78 is 5.72. The van der Waals surface area contributed by atoms with Crippen molar-refractivity contribution in [2.45, 2.75) is 13.3 Å². The van der Waals surface area contributed by atoms with Gasteiger partial charge in [0, 0.05) is 31.3 Å². The molecule has 6 heteroatoms. The number of nitrogens with one attached hydrogen (secondary N) is 2. The van der Waals surface area contributed by atoms with Crippen LogP contribution in [0, 0.1) is 0 Å². The van der Waals surface area contributed by atoms with Gasteiger partial charge in [0.05, 0.1) is 6.54 Å². The first kappa shape index (κ1) is 18.4. The molecule has 0 aliphatic heterocycles. The predicted molar refractivity (Wildman–Crippen MR) is 106 cm³/mol. The largest absolute Gasteiger partial charge is 0.492 e. The minimum atomic E-state index is -0.108. The molecule has 138 valence electrons. The third-order valence-corrected chi connectivity index (χ3v) is 3.74. The molecule has 1 amide bonds. The fourth-order valence-corrected chi connectivity index (χ4v) is 2.58. The number of amides is 1. The highest BCUT2D eigenvalue weighted by Crippen LogP contribution is 2.17. The third kappa shape index (κ3) is 6.11. The molecule has 1 aromatic heterocycles. The minimum absolute atomic E-state index is 0.108.